The number of aromatic nitrogens is 3. The van der Waals surface area contributed by atoms with Gasteiger partial charge in [-0.1, -0.05) is 6.92 Å². The number of pyridine rings is 1. The predicted molar refractivity (Wildman–Crippen MR) is 73.6 cm³/mol. The van der Waals surface area contributed by atoms with Gasteiger partial charge in [0.05, 0.1) is 17.3 Å². The molecule has 0 amide bonds. The van der Waals surface area contributed by atoms with E-state index in [4.69, 9.17) is 0 Å². The Labute approximate surface area is 111 Å². The topological polar surface area (TPSA) is 71.2 Å². The summed E-state index contributed by atoms with van der Waals surface area (Å²) < 4.78 is 1.66. The van der Waals surface area contributed by atoms with Gasteiger partial charge < -0.3 is 10.0 Å². The molecule has 6 heteroatoms. The third kappa shape index (κ3) is 2.25. The van der Waals surface area contributed by atoms with Crippen LogP contribution in [0, 0.1) is 0 Å². The van der Waals surface area contributed by atoms with Crippen molar-refractivity contribution in [3.05, 3.63) is 18.0 Å². The average molecular weight is 262 g/mol. The third-order valence-corrected chi connectivity index (χ3v) is 3.16. The monoisotopic (exact) mass is 262 g/mol. The van der Waals surface area contributed by atoms with Crippen LogP contribution in [0.15, 0.2) is 12.4 Å². The molecule has 0 radical (unpaired) electrons. The van der Waals surface area contributed by atoms with Crippen molar-refractivity contribution in [2.45, 2.75) is 20.3 Å². The Morgan fingerprint density at radius 2 is 2.16 bits per heavy atom. The summed E-state index contributed by atoms with van der Waals surface area (Å²) in [5.74, 6) is -0.956. The molecule has 0 spiro atoms. The standard InChI is InChI=1S/C13H18N4O2/c1-4-6-17(5-2)11-9-8-15-16(3)12(9)14-7-10(11)13(18)19/h7-8H,4-6H2,1-3H3,(H,18,19). The van der Waals surface area contributed by atoms with Crippen molar-refractivity contribution in [1.29, 1.82) is 0 Å². The van der Waals surface area contributed by atoms with E-state index >= 15 is 0 Å². The predicted octanol–water partition coefficient (Wildman–Crippen LogP) is 1.90. The highest BCUT2D eigenvalue weighted by molar-refractivity contribution is 6.03. The van der Waals surface area contributed by atoms with Gasteiger partial charge in [0.15, 0.2) is 5.65 Å². The first-order chi connectivity index (χ1) is 9.10. The largest absolute Gasteiger partial charge is 0.478 e. The van der Waals surface area contributed by atoms with Crippen molar-refractivity contribution < 1.29 is 9.90 Å². The number of aryl methyl sites for hydroxylation is 1. The number of aromatic carboxylic acids is 1. The van der Waals surface area contributed by atoms with Crippen molar-refractivity contribution in [2.75, 3.05) is 18.0 Å². The molecule has 0 aliphatic heterocycles. The second-order valence-electron chi connectivity index (χ2n) is 4.41. The van der Waals surface area contributed by atoms with E-state index in [0.717, 1.165) is 30.6 Å². The van der Waals surface area contributed by atoms with Gasteiger partial charge in [-0.2, -0.15) is 5.10 Å². The zero-order valence-electron chi connectivity index (χ0n) is 11.4. The van der Waals surface area contributed by atoms with E-state index in [0.29, 0.717) is 5.65 Å². The third-order valence-electron chi connectivity index (χ3n) is 3.16. The molecular formula is C13H18N4O2. The van der Waals surface area contributed by atoms with E-state index in [1.165, 1.54) is 6.20 Å². The summed E-state index contributed by atoms with van der Waals surface area (Å²) in [7, 11) is 1.80. The fourth-order valence-corrected chi connectivity index (χ4v) is 2.28. The van der Waals surface area contributed by atoms with Crippen LogP contribution in [0.4, 0.5) is 5.69 Å². The van der Waals surface area contributed by atoms with Gasteiger partial charge in [-0.15, -0.1) is 0 Å². The molecule has 0 fully saturated rings. The Hall–Kier alpha value is -2.11. The highest BCUT2D eigenvalue weighted by Crippen LogP contribution is 2.29. The lowest BCUT2D eigenvalue weighted by Gasteiger charge is -2.24. The number of rotatable bonds is 5. The van der Waals surface area contributed by atoms with Crippen LogP contribution in [0.1, 0.15) is 30.6 Å². The zero-order chi connectivity index (χ0) is 14.0. The summed E-state index contributed by atoms with van der Waals surface area (Å²) in [6.07, 6.45) is 4.05. The van der Waals surface area contributed by atoms with Crippen LogP contribution in [0.5, 0.6) is 0 Å². The minimum absolute atomic E-state index is 0.232. The van der Waals surface area contributed by atoms with Crippen molar-refractivity contribution in [3.63, 3.8) is 0 Å². The molecule has 2 aromatic heterocycles. The molecule has 0 aliphatic carbocycles. The highest BCUT2D eigenvalue weighted by atomic mass is 16.4. The molecule has 1 N–H and O–H groups in total. The molecule has 0 saturated heterocycles. The number of carboxylic acids is 1. The van der Waals surface area contributed by atoms with E-state index in [2.05, 4.69) is 21.9 Å². The Morgan fingerprint density at radius 1 is 1.42 bits per heavy atom. The van der Waals surface area contributed by atoms with Gasteiger partial charge in [0.1, 0.15) is 5.56 Å². The number of fused-ring (bicyclic) bond motifs is 1. The minimum atomic E-state index is -0.956. The van der Waals surface area contributed by atoms with Crippen LogP contribution in [0.2, 0.25) is 0 Å². The summed E-state index contributed by atoms with van der Waals surface area (Å²) >= 11 is 0. The smallest absolute Gasteiger partial charge is 0.339 e. The van der Waals surface area contributed by atoms with E-state index in [1.807, 2.05) is 6.92 Å². The lowest BCUT2D eigenvalue weighted by atomic mass is 10.1. The Bertz CT molecular complexity index is 606. The molecule has 2 aromatic rings. The molecule has 0 atom stereocenters. The number of anilines is 1. The van der Waals surface area contributed by atoms with Crippen LogP contribution in [-0.2, 0) is 7.05 Å². The molecule has 2 heterocycles. The van der Waals surface area contributed by atoms with Crippen LogP contribution < -0.4 is 4.90 Å². The van der Waals surface area contributed by atoms with E-state index < -0.39 is 5.97 Å². The summed E-state index contributed by atoms with van der Waals surface area (Å²) in [6.45, 7) is 5.65. The molecule has 0 bridgehead atoms. The lowest BCUT2D eigenvalue weighted by molar-refractivity contribution is 0.0697. The Morgan fingerprint density at radius 3 is 2.74 bits per heavy atom. The molecule has 19 heavy (non-hydrogen) atoms. The first kappa shape index (κ1) is 13.3. The minimum Gasteiger partial charge on any atom is -0.478 e. The van der Waals surface area contributed by atoms with Gasteiger partial charge >= 0.3 is 5.97 Å². The zero-order valence-corrected chi connectivity index (χ0v) is 11.4. The van der Waals surface area contributed by atoms with Crippen LogP contribution in [0.3, 0.4) is 0 Å². The molecule has 6 nitrogen and oxygen atoms in total. The average Bonchev–Trinajstić information content (AvgIpc) is 2.77. The second-order valence-corrected chi connectivity index (χ2v) is 4.41. The normalized spacial score (nSPS) is 10.9. The van der Waals surface area contributed by atoms with E-state index in [-0.39, 0.29) is 5.56 Å². The maximum atomic E-state index is 11.4. The molecule has 2 rings (SSSR count). The van der Waals surface area contributed by atoms with Gasteiger partial charge in [-0.3, -0.25) is 4.68 Å². The van der Waals surface area contributed by atoms with Crippen LogP contribution in [-0.4, -0.2) is 38.9 Å². The maximum Gasteiger partial charge on any atom is 0.339 e. The quantitative estimate of drug-likeness (QED) is 0.891. The van der Waals surface area contributed by atoms with Crippen LogP contribution >= 0.6 is 0 Å². The van der Waals surface area contributed by atoms with Crippen molar-refractivity contribution in [1.82, 2.24) is 14.8 Å². The van der Waals surface area contributed by atoms with Gasteiger partial charge in [0.2, 0.25) is 0 Å². The molecule has 102 valence electrons. The fourth-order valence-electron chi connectivity index (χ4n) is 2.28. The summed E-state index contributed by atoms with van der Waals surface area (Å²) in [4.78, 5) is 17.7. The first-order valence-corrected chi connectivity index (χ1v) is 6.39. The van der Waals surface area contributed by atoms with Gasteiger partial charge in [0.25, 0.3) is 0 Å². The summed E-state index contributed by atoms with van der Waals surface area (Å²) in [5, 5.41) is 14.3. The fraction of sp³-hybridized carbons (Fsp3) is 0.462. The number of nitrogens with zero attached hydrogens (tertiary/aromatic N) is 4. The first-order valence-electron chi connectivity index (χ1n) is 6.39. The van der Waals surface area contributed by atoms with E-state index in [1.54, 1.807) is 17.9 Å². The van der Waals surface area contributed by atoms with Gasteiger partial charge in [0, 0.05) is 26.3 Å². The lowest BCUT2D eigenvalue weighted by Crippen LogP contribution is -2.26. The SMILES string of the molecule is CCCN(CC)c1c(C(=O)O)cnc2c1cnn2C. The molecular weight excluding hydrogens is 244 g/mol. The van der Waals surface area contributed by atoms with Crippen molar-refractivity contribution in [3.8, 4) is 0 Å². The van der Waals surface area contributed by atoms with Gasteiger partial charge in [-0.25, -0.2) is 9.78 Å². The number of hydrogen-bond donors (Lipinski definition) is 1. The summed E-state index contributed by atoms with van der Waals surface area (Å²) in [5.41, 5.74) is 1.65. The molecule has 0 unspecified atom stereocenters. The van der Waals surface area contributed by atoms with Crippen molar-refractivity contribution >= 4 is 22.7 Å². The molecule has 0 aliphatic rings. The molecule has 0 saturated carbocycles. The number of carboxylic acid groups (broad SMARTS) is 1. The maximum absolute atomic E-state index is 11.4. The highest BCUT2D eigenvalue weighted by Gasteiger charge is 2.20. The summed E-state index contributed by atoms with van der Waals surface area (Å²) in [6, 6.07) is 0. The number of hydrogen-bond acceptors (Lipinski definition) is 4. The number of carbonyl (C=O) groups is 1. The van der Waals surface area contributed by atoms with Crippen LogP contribution in [0.25, 0.3) is 11.0 Å². The van der Waals surface area contributed by atoms with Gasteiger partial charge in [-0.05, 0) is 13.3 Å². The van der Waals surface area contributed by atoms with Crippen molar-refractivity contribution in [2.24, 2.45) is 7.05 Å². The Kier molecular flexibility index (Phi) is 3.69. The van der Waals surface area contributed by atoms with E-state index in [9.17, 15) is 9.90 Å². The Balaban J connectivity index is 2.71. The molecule has 0 aromatic carbocycles. The second kappa shape index (κ2) is 5.26.